The van der Waals surface area contributed by atoms with E-state index in [9.17, 15) is 4.79 Å². The number of ether oxygens (including phenoxy) is 1. The van der Waals surface area contributed by atoms with Gasteiger partial charge in [0, 0.05) is 32.8 Å². The Balaban J connectivity index is 1.45. The molecule has 1 aromatic carbocycles. The van der Waals surface area contributed by atoms with E-state index in [2.05, 4.69) is 39.9 Å². The van der Waals surface area contributed by atoms with Crippen LogP contribution in [0.15, 0.2) is 24.3 Å². The molecular weight excluding hydrogens is 328 g/mol. The quantitative estimate of drug-likeness (QED) is 0.894. The Morgan fingerprint density at radius 3 is 3.00 bits per heavy atom. The van der Waals surface area contributed by atoms with Gasteiger partial charge in [0.25, 0.3) is 0 Å². The molecule has 6 heteroatoms. The summed E-state index contributed by atoms with van der Waals surface area (Å²) in [4.78, 5) is 19.8. The Labute approximate surface area is 154 Å². The van der Waals surface area contributed by atoms with Crippen LogP contribution in [0, 0.1) is 5.92 Å². The number of anilines is 1. The van der Waals surface area contributed by atoms with E-state index in [1.165, 1.54) is 0 Å². The highest BCUT2D eigenvalue weighted by molar-refractivity contribution is 5.81. The molecule has 6 nitrogen and oxygen atoms in total. The topological polar surface area (TPSA) is 59.4 Å². The molecule has 1 amide bonds. The predicted octanol–water partition coefficient (Wildman–Crippen LogP) is 2.57. The van der Waals surface area contributed by atoms with Crippen LogP contribution in [0.5, 0.6) is 0 Å². The van der Waals surface area contributed by atoms with E-state index in [4.69, 9.17) is 9.72 Å². The second kappa shape index (κ2) is 7.66. The molecule has 0 saturated carbocycles. The largest absolute Gasteiger partial charge is 0.376 e. The van der Waals surface area contributed by atoms with Crippen molar-refractivity contribution in [2.75, 3.05) is 31.1 Å². The molecule has 2 aliphatic rings. The third-order valence-electron chi connectivity index (χ3n) is 5.55. The first-order valence-electron chi connectivity index (χ1n) is 9.85. The lowest BCUT2D eigenvalue weighted by molar-refractivity contribution is -0.125. The average molecular weight is 356 g/mol. The average Bonchev–Trinajstić information content (AvgIpc) is 3.33. The van der Waals surface area contributed by atoms with Gasteiger partial charge in [0.05, 0.1) is 23.1 Å². The van der Waals surface area contributed by atoms with Gasteiger partial charge in [-0.05, 0) is 44.7 Å². The summed E-state index contributed by atoms with van der Waals surface area (Å²) in [7, 11) is 0. The van der Waals surface area contributed by atoms with Crippen LogP contribution < -0.4 is 10.2 Å². The van der Waals surface area contributed by atoms with E-state index in [-0.39, 0.29) is 17.9 Å². The number of benzene rings is 1. The van der Waals surface area contributed by atoms with Gasteiger partial charge in [0.2, 0.25) is 11.9 Å². The summed E-state index contributed by atoms with van der Waals surface area (Å²) >= 11 is 0. The number of carbonyl (C=O) groups excluding carboxylic acids is 1. The van der Waals surface area contributed by atoms with Crippen LogP contribution in [0.4, 0.5) is 5.95 Å². The number of aromatic nitrogens is 2. The predicted molar refractivity (Wildman–Crippen MR) is 102 cm³/mol. The molecule has 2 atom stereocenters. The molecule has 2 fully saturated rings. The minimum Gasteiger partial charge on any atom is -0.376 e. The van der Waals surface area contributed by atoms with Gasteiger partial charge < -0.3 is 19.5 Å². The summed E-state index contributed by atoms with van der Waals surface area (Å²) in [6.07, 6.45) is 4.32. The third-order valence-corrected chi connectivity index (χ3v) is 5.55. The monoisotopic (exact) mass is 356 g/mol. The summed E-state index contributed by atoms with van der Waals surface area (Å²) in [6.45, 7) is 6.18. The Kier molecular flexibility index (Phi) is 5.11. The second-order valence-corrected chi connectivity index (χ2v) is 7.31. The minimum atomic E-state index is 0.0234. The molecule has 26 heavy (non-hydrogen) atoms. The molecule has 2 aliphatic heterocycles. The van der Waals surface area contributed by atoms with Crippen molar-refractivity contribution in [1.29, 1.82) is 0 Å². The number of aryl methyl sites for hydroxylation is 1. The van der Waals surface area contributed by atoms with Gasteiger partial charge in [-0.1, -0.05) is 12.1 Å². The number of amides is 1. The maximum atomic E-state index is 12.6. The van der Waals surface area contributed by atoms with Crippen LogP contribution >= 0.6 is 0 Å². The van der Waals surface area contributed by atoms with Crippen molar-refractivity contribution < 1.29 is 9.53 Å². The molecule has 2 aromatic rings. The minimum absolute atomic E-state index is 0.0234. The number of nitrogens with zero attached hydrogens (tertiary/aromatic N) is 3. The molecule has 1 aromatic heterocycles. The van der Waals surface area contributed by atoms with Gasteiger partial charge >= 0.3 is 0 Å². The number of rotatable bonds is 5. The van der Waals surface area contributed by atoms with Crippen LogP contribution in [0.3, 0.4) is 0 Å². The van der Waals surface area contributed by atoms with E-state index in [0.717, 1.165) is 68.9 Å². The molecule has 0 unspecified atom stereocenters. The van der Waals surface area contributed by atoms with Crippen molar-refractivity contribution in [3.05, 3.63) is 24.3 Å². The van der Waals surface area contributed by atoms with E-state index in [1.54, 1.807) is 0 Å². The Hall–Kier alpha value is -2.08. The number of hydrogen-bond donors (Lipinski definition) is 1. The van der Waals surface area contributed by atoms with E-state index in [0.29, 0.717) is 6.54 Å². The fraction of sp³-hybridized carbons (Fsp3) is 0.600. The summed E-state index contributed by atoms with van der Waals surface area (Å²) in [5.74, 6) is 1.17. The number of fused-ring (bicyclic) bond motifs is 1. The normalized spacial score (nSPS) is 23.5. The van der Waals surface area contributed by atoms with Gasteiger partial charge in [-0.15, -0.1) is 0 Å². The SMILES string of the molecule is CCn1c(N2CCC[C@@H](C(=O)NC[C@@H]3CCCO3)C2)nc2ccccc21. The lowest BCUT2D eigenvalue weighted by atomic mass is 9.97. The molecule has 2 saturated heterocycles. The van der Waals surface area contributed by atoms with Crippen LogP contribution in [0.2, 0.25) is 0 Å². The third kappa shape index (κ3) is 3.43. The van der Waals surface area contributed by atoms with Crippen molar-refractivity contribution in [3.63, 3.8) is 0 Å². The fourth-order valence-electron chi connectivity index (χ4n) is 4.15. The van der Waals surface area contributed by atoms with Crippen molar-refractivity contribution in [2.24, 2.45) is 5.92 Å². The van der Waals surface area contributed by atoms with Crippen molar-refractivity contribution in [1.82, 2.24) is 14.9 Å². The van der Waals surface area contributed by atoms with Gasteiger partial charge in [0.1, 0.15) is 0 Å². The van der Waals surface area contributed by atoms with Crippen LogP contribution in [0.25, 0.3) is 11.0 Å². The van der Waals surface area contributed by atoms with Gasteiger partial charge in [-0.2, -0.15) is 0 Å². The highest BCUT2D eigenvalue weighted by Gasteiger charge is 2.29. The zero-order valence-corrected chi connectivity index (χ0v) is 15.5. The van der Waals surface area contributed by atoms with E-state index >= 15 is 0 Å². The zero-order valence-electron chi connectivity index (χ0n) is 15.5. The number of hydrogen-bond acceptors (Lipinski definition) is 4. The standard InChI is InChI=1S/C20H28N4O2/c1-2-24-18-10-4-3-9-17(18)22-20(24)23-11-5-7-15(14-23)19(25)21-13-16-8-6-12-26-16/h3-4,9-10,15-16H,2,5-8,11-14H2,1H3,(H,21,25)/t15-,16+/m1/s1. The number of imidazole rings is 1. The molecule has 4 rings (SSSR count). The van der Waals surface area contributed by atoms with Gasteiger partial charge in [-0.25, -0.2) is 4.98 Å². The van der Waals surface area contributed by atoms with Crippen molar-refractivity contribution in [3.8, 4) is 0 Å². The first kappa shape index (κ1) is 17.3. The second-order valence-electron chi connectivity index (χ2n) is 7.31. The molecule has 3 heterocycles. The Morgan fingerprint density at radius 2 is 2.19 bits per heavy atom. The van der Waals surface area contributed by atoms with E-state index in [1.807, 2.05) is 6.07 Å². The summed E-state index contributed by atoms with van der Waals surface area (Å²) in [5, 5.41) is 3.10. The molecule has 0 aliphatic carbocycles. The van der Waals surface area contributed by atoms with Crippen molar-refractivity contribution >= 4 is 22.9 Å². The number of nitrogens with one attached hydrogen (secondary N) is 1. The molecule has 0 bridgehead atoms. The van der Waals surface area contributed by atoms with Crippen LogP contribution in [-0.4, -0.2) is 47.8 Å². The number of carbonyl (C=O) groups is 1. The molecular formula is C20H28N4O2. The number of para-hydroxylation sites is 2. The number of piperidine rings is 1. The van der Waals surface area contributed by atoms with Crippen molar-refractivity contribution in [2.45, 2.75) is 45.3 Å². The first-order chi connectivity index (χ1) is 12.8. The fourth-order valence-corrected chi connectivity index (χ4v) is 4.15. The lowest BCUT2D eigenvalue weighted by Crippen LogP contribution is -2.45. The Bertz CT molecular complexity index is 766. The Morgan fingerprint density at radius 1 is 1.31 bits per heavy atom. The maximum absolute atomic E-state index is 12.6. The van der Waals surface area contributed by atoms with Crippen LogP contribution in [0.1, 0.15) is 32.6 Å². The smallest absolute Gasteiger partial charge is 0.224 e. The molecule has 0 spiro atoms. The first-order valence-corrected chi connectivity index (χ1v) is 9.85. The maximum Gasteiger partial charge on any atom is 0.224 e. The van der Waals surface area contributed by atoms with Crippen LogP contribution in [-0.2, 0) is 16.1 Å². The van der Waals surface area contributed by atoms with Gasteiger partial charge in [0.15, 0.2) is 0 Å². The summed E-state index contributed by atoms with van der Waals surface area (Å²) in [6, 6.07) is 8.25. The highest BCUT2D eigenvalue weighted by atomic mass is 16.5. The highest BCUT2D eigenvalue weighted by Crippen LogP contribution is 2.27. The summed E-state index contributed by atoms with van der Waals surface area (Å²) < 4.78 is 7.86. The molecule has 140 valence electrons. The molecule has 1 N–H and O–H groups in total. The van der Waals surface area contributed by atoms with E-state index < -0.39 is 0 Å². The summed E-state index contributed by atoms with van der Waals surface area (Å²) in [5.41, 5.74) is 2.18. The zero-order chi connectivity index (χ0) is 17.9. The lowest BCUT2D eigenvalue weighted by Gasteiger charge is -2.33. The molecule has 0 radical (unpaired) electrons. The van der Waals surface area contributed by atoms with Gasteiger partial charge in [-0.3, -0.25) is 4.79 Å².